The molecular weight excluding hydrogens is 346 g/mol. The first-order valence-electron chi connectivity index (χ1n) is 8.98. The van der Waals surface area contributed by atoms with Crippen LogP contribution in [-0.4, -0.2) is 33.9 Å². The van der Waals surface area contributed by atoms with E-state index in [2.05, 4.69) is 46.2 Å². The highest BCUT2D eigenvalue weighted by Crippen LogP contribution is 2.25. The number of carbonyl (C=O) groups is 1. The van der Waals surface area contributed by atoms with Crippen molar-refractivity contribution < 1.29 is 4.79 Å². The second kappa shape index (κ2) is 7.07. The Kier molecular flexibility index (Phi) is 4.63. The number of imidazole rings is 1. The molecule has 1 aliphatic heterocycles. The van der Waals surface area contributed by atoms with Crippen molar-refractivity contribution in [3.63, 3.8) is 0 Å². The normalized spacial score (nSPS) is 15.5. The summed E-state index contributed by atoms with van der Waals surface area (Å²) in [5.74, 6) is 1.11. The summed E-state index contributed by atoms with van der Waals surface area (Å²) in [4.78, 5) is 27.0. The van der Waals surface area contributed by atoms with E-state index in [4.69, 9.17) is 4.98 Å². The van der Waals surface area contributed by atoms with E-state index in [9.17, 15) is 4.79 Å². The number of anilines is 1. The third-order valence-corrected chi connectivity index (χ3v) is 5.93. The van der Waals surface area contributed by atoms with Crippen LogP contribution in [0.1, 0.15) is 29.0 Å². The molecule has 0 spiro atoms. The number of aryl methyl sites for hydroxylation is 2. The number of aromatic nitrogens is 3. The summed E-state index contributed by atoms with van der Waals surface area (Å²) in [6.07, 6.45) is 3.46. The number of rotatable bonds is 4. The number of piperidine rings is 1. The van der Waals surface area contributed by atoms with Crippen molar-refractivity contribution in [1.29, 1.82) is 0 Å². The molecule has 0 aliphatic carbocycles. The number of carbonyl (C=O) groups excluding carboxylic acids is 1. The van der Waals surface area contributed by atoms with Gasteiger partial charge in [0.1, 0.15) is 5.01 Å². The summed E-state index contributed by atoms with van der Waals surface area (Å²) in [5.41, 5.74) is 4.60. The number of thiazole rings is 1. The number of benzene rings is 1. The zero-order valence-corrected chi connectivity index (χ0v) is 15.9. The number of hydrogen-bond donors (Lipinski definition) is 2. The topological polar surface area (TPSA) is 73.9 Å². The van der Waals surface area contributed by atoms with Gasteiger partial charge in [-0.2, -0.15) is 0 Å². The molecule has 136 valence electrons. The maximum absolute atomic E-state index is 12.4. The quantitative estimate of drug-likeness (QED) is 0.741. The lowest BCUT2D eigenvalue weighted by atomic mass is 9.96. The molecule has 0 saturated carbocycles. The van der Waals surface area contributed by atoms with E-state index in [-0.39, 0.29) is 11.8 Å². The molecule has 2 N–H and O–H groups in total. The van der Waals surface area contributed by atoms with Crippen LogP contribution in [0.3, 0.4) is 0 Å². The number of fused-ring (bicyclic) bond motifs is 1. The fourth-order valence-electron chi connectivity index (χ4n) is 3.41. The number of H-pyrrole nitrogens is 1. The summed E-state index contributed by atoms with van der Waals surface area (Å²) in [7, 11) is 0. The van der Waals surface area contributed by atoms with Gasteiger partial charge >= 0.3 is 0 Å². The number of amides is 1. The molecule has 7 heteroatoms. The zero-order valence-electron chi connectivity index (χ0n) is 15.1. The predicted octanol–water partition coefficient (Wildman–Crippen LogP) is 3.17. The van der Waals surface area contributed by atoms with Crippen LogP contribution in [0.5, 0.6) is 0 Å². The van der Waals surface area contributed by atoms with Crippen molar-refractivity contribution >= 4 is 34.2 Å². The van der Waals surface area contributed by atoms with Gasteiger partial charge in [0.2, 0.25) is 11.9 Å². The van der Waals surface area contributed by atoms with Gasteiger partial charge in [-0.1, -0.05) is 0 Å². The Morgan fingerprint density at radius 2 is 2.08 bits per heavy atom. The van der Waals surface area contributed by atoms with Gasteiger partial charge in [0.05, 0.1) is 17.6 Å². The van der Waals surface area contributed by atoms with E-state index < -0.39 is 0 Å². The van der Waals surface area contributed by atoms with Crippen molar-refractivity contribution in [3.8, 4) is 0 Å². The van der Waals surface area contributed by atoms with Crippen LogP contribution >= 0.6 is 11.3 Å². The highest BCUT2D eigenvalue weighted by molar-refractivity contribution is 7.09. The lowest BCUT2D eigenvalue weighted by molar-refractivity contribution is -0.125. The minimum atomic E-state index is 0.0695. The number of hydrogen-bond acceptors (Lipinski definition) is 5. The standard InChI is InChI=1S/C19H23N5OS/c1-12-9-15-16(10-13(12)2)23-19(22-15)24-6-3-14(4-7-24)18(25)21-11-17-20-5-8-26-17/h5,8-10,14H,3-4,6-7,11H2,1-2H3,(H,21,25)(H,22,23). The molecule has 0 bridgehead atoms. The number of nitrogens with zero attached hydrogens (tertiary/aromatic N) is 3. The second-order valence-corrected chi connectivity index (χ2v) is 7.90. The molecule has 3 aromatic rings. The first-order chi connectivity index (χ1) is 12.6. The molecule has 1 aliphatic rings. The average molecular weight is 369 g/mol. The Morgan fingerprint density at radius 3 is 2.81 bits per heavy atom. The molecule has 2 aromatic heterocycles. The molecular formula is C19H23N5OS. The van der Waals surface area contributed by atoms with Crippen molar-refractivity contribution in [2.75, 3.05) is 18.0 Å². The third kappa shape index (κ3) is 3.44. The van der Waals surface area contributed by atoms with Gasteiger partial charge in [-0.15, -0.1) is 11.3 Å². The zero-order chi connectivity index (χ0) is 18.1. The molecule has 4 rings (SSSR count). The molecule has 26 heavy (non-hydrogen) atoms. The highest BCUT2D eigenvalue weighted by Gasteiger charge is 2.26. The van der Waals surface area contributed by atoms with Gasteiger partial charge in [-0.3, -0.25) is 4.79 Å². The fraction of sp³-hybridized carbons (Fsp3) is 0.421. The van der Waals surface area contributed by atoms with Gasteiger partial charge in [0, 0.05) is 30.6 Å². The summed E-state index contributed by atoms with van der Waals surface area (Å²) in [6, 6.07) is 4.28. The first-order valence-corrected chi connectivity index (χ1v) is 9.86. The maximum atomic E-state index is 12.4. The minimum Gasteiger partial charge on any atom is -0.349 e. The first kappa shape index (κ1) is 17.0. The molecule has 0 unspecified atom stereocenters. The van der Waals surface area contributed by atoms with Gasteiger partial charge in [0.25, 0.3) is 0 Å². The van der Waals surface area contributed by atoms with E-state index in [0.717, 1.165) is 47.9 Å². The summed E-state index contributed by atoms with van der Waals surface area (Å²) >= 11 is 1.57. The highest BCUT2D eigenvalue weighted by atomic mass is 32.1. The van der Waals surface area contributed by atoms with E-state index in [1.54, 1.807) is 17.5 Å². The van der Waals surface area contributed by atoms with Crippen LogP contribution in [0.4, 0.5) is 5.95 Å². The molecule has 0 radical (unpaired) electrons. The smallest absolute Gasteiger partial charge is 0.223 e. The Hall–Kier alpha value is -2.41. The van der Waals surface area contributed by atoms with Gasteiger partial charge in [0.15, 0.2) is 0 Å². The Bertz CT molecular complexity index is 871. The van der Waals surface area contributed by atoms with Crippen molar-refractivity contribution in [1.82, 2.24) is 20.3 Å². The summed E-state index contributed by atoms with van der Waals surface area (Å²) < 4.78 is 0. The molecule has 1 amide bonds. The summed E-state index contributed by atoms with van der Waals surface area (Å²) in [5, 5.41) is 5.89. The van der Waals surface area contributed by atoms with Gasteiger partial charge in [-0.05, 0) is 49.9 Å². The number of nitrogens with one attached hydrogen (secondary N) is 2. The lowest BCUT2D eigenvalue weighted by Crippen LogP contribution is -2.40. The van der Waals surface area contributed by atoms with Crippen LogP contribution < -0.4 is 10.2 Å². The largest absolute Gasteiger partial charge is 0.349 e. The average Bonchev–Trinajstić information content (AvgIpc) is 3.30. The molecule has 1 fully saturated rings. The minimum absolute atomic E-state index is 0.0695. The molecule has 0 atom stereocenters. The fourth-order valence-corrected chi connectivity index (χ4v) is 3.96. The van der Waals surface area contributed by atoms with Crippen LogP contribution in [0, 0.1) is 19.8 Å². The van der Waals surface area contributed by atoms with Crippen molar-refractivity contribution in [2.45, 2.75) is 33.2 Å². The Morgan fingerprint density at radius 1 is 1.31 bits per heavy atom. The number of aromatic amines is 1. The Balaban J connectivity index is 1.36. The monoisotopic (exact) mass is 369 g/mol. The molecule has 6 nitrogen and oxygen atoms in total. The van der Waals surface area contributed by atoms with Crippen LogP contribution in [0.15, 0.2) is 23.7 Å². The van der Waals surface area contributed by atoms with Gasteiger partial charge < -0.3 is 15.2 Å². The maximum Gasteiger partial charge on any atom is 0.223 e. The second-order valence-electron chi connectivity index (χ2n) is 6.92. The molecule has 1 saturated heterocycles. The van der Waals surface area contributed by atoms with E-state index >= 15 is 0 Å². The lowest BCUT2D eigenvalue weighted by Gasteiger charge is -2.31. The van der Waals surface area contributed by atoms with E-state index in [0.29, 0.717) is 6.54 Å². The van der Waals surface area contributed by atoms with Crippen molar-refractivity contribution in [2.24, 2.45) is 5.92 Å². The van der Waals surface area contributed by atoms with E-state index in [1.807, 2.05) is 5.38 Å². The third-order valence-electron chi connectivity index (χ3n) is 5.15. The molecule has 1 aromatic carbocycles. The van der Waals surface area contributed by atoms with Crippen LogP contribution in [0.25, 0.3) is 11.0 Å². The summed E-state index contributed by atoms with van der Waals surface area (Å²) in [6.45, 7) is 6.43. The Labute approximate surface area is 156 Å². The van der Waals surface area contributed by atoms with Crippen LogP contribution in [-0.2, 0) is 11.3 Å². The SMILES string of the molecule is Cc1cc2nc(N3CCC(C(=O)NCc4nccs4)CC3)[nH]c2cc1C. The van der Waals surface area contributed by atoms with Gasteiger partial charge in [-0.25, -0.2) is 9.97 Å². The predicted molar refractivity (Wildman–Crippen MR) is 104 cm³/mol. The van der Waals surface area contributed by atoms with Crippen molar-refractivity contribution in [3.05, 3.63) is 39.8 Å². The molecule has 3 heterocycles. The van der Waals surface area contributed by atoms with E-state index in [1.165, 1.54) is 11.1 Å². The van der Waals surface area contributed by atoms with Crippen LogP contribution in [0.2, 0.25) is 0 Å².